The highest BCUT2D eigenvalue weighted by molar-refractivity contribution is 7.89. The van der Waals surface area contributed by atoms with Gasteiger partial charge in [-0.15, -0.1) is 0 Å². The van der Waals surface area contributed by atoms with Gasteiger partial charge in [-0.3, -0.25) is 0 Å². The molecule has 0 heterocycles. The number of hydrogen-bond donors (Lipinski definition) is 3. The lowest BCUT2D eigenvalue weighted by Gasteiger charge is -2.16. The Kier molecular flexibility index (Phi) is 6.07. The van der Waals surface area contributed by atoms with Crippen molar-refractivity contribution in [3.8, 4) is 0 Å². The molecule has 0 amide bonds. The second-order valence-corrected chi connectivity index (χ2v) is 6.71. The third-order valence-corrected chi connectivity index (χ3v) is 4.48. The maximum absolute atomic E-state index is 12.2. The van der Waals surface area contributed by atoms with Crippen LogP contribution in [0.25, 0.3) is 0 Å². The molecule has 0 aromatic heterocycles. The zero-order valence-electron chi connectivity index (χ0n) is 10.7. The van der Waals surface area contributed by atoms with Gasteiger partial charge in [-0.05, 0) is 24.6 Å². The van der Waals surface area contributed by atoms with Crippen molar-refractivity contribution < 1.29 is 13.6 Å². The Morgan fingerprint density at radius 1 is 1.40 bits per heavy atom. The zero-order chi connectivity index (χ0) is 15.3. The van der Waals surface area contributed by atoms with E-state index >= 15 is 0 Å². The third kappa shape index (κ3) is 4.82. The molecular formula is C11H15Cl2N3O3S. The number of rotatable bonds is 6. The minimum Gasteiger partial charge on any atom is -0.409 e. The Morgan fingerprint density at radius 3 is 2.40 bits per heavy atom. The molecule has 0 saturated carbocycles. The fourth-order valence-corrected chi connectivity index (χ4v) is 3.58. The Morgan fingerprint density at radius 2 is 1.95 bits per heavy atom. The highest BCUT2D eigenvalue weighted by atomic mass is 35.5. The van der Waals surface area contributed by atoms with Crippen molar-refractivity contribution in [3.63, 3.8) is 0 Å². The van der Waals surface area contributed by atoms with Crippen LogP contribution in [0, 0.1) is 0 Å². The molecule has 20 heavy (non-hydrogen) atoms. The van der Waals surface area contributed by atoms with Gasteiger partial charge in [0.05, 0.1) is 4.90 Å². The first-order valence-electron chi connectivity index (χ1n) is 5.73. The predicted octanol–water partition coefficient (Wildman–Crippen LogP) is 2.19. The molecule has 0 bridgehead atoms. The van der Waals surface area contributed by atoms with Gasteiger partial charge in [0.1, 0.15) is 5.84 Å². The van der Waals surface area contributed by atoms with E-state index in [0.29, 0.717) is 6.42 Å². The van der Waals surface area contributed by atoms with Crippen molar-refractivity contribution >= 4 is 39.1 Å². The molecule has 6 nitrogen and oxygen atoms in total. The molecule has 0 fully saturated rings. The maximum atomic E-state index is 12.2. The van der Waals surface area contributed by atoms with Crippen LogP contribution in [0.5, 0.6) is 0 Å². The van der Waals surface area contributed by atoms with E-state index in [1.807, 2.05) is 0 Å². The van der Waals surface area contributed by atoms with Crippen molar-refractivity contribution in [1.82, 2.24) is 4.72 Å². The molecule has 4 N–H and O–H groups in total. The Labute approximate surface area is 127 Å². The molecule has 0 aliphatic heterocycles. The van der Waals surface area contributed by atoms with E-state index in [-0.39, 0.29) is 27.2 Å². The van der Waals surface area contributed by atoms with E-state index in [1.165, 1.54) is 18.2 Å². The van der Waals surface area contributed by atoms with Crippen LogP contribution in [-0.4, -0.2) is 25.5 Å². The second kappa shape index (κ2) is 7.12. The normalized spacial score (nSPS) is 14.2. The summed E-state index contributed by atoms with van der Waals surface area (Å²) in [5.41, 5.74) is 5.38. The van der Waals surface area contributed by atoms with Crippen LogP contribution in [0.1, 0.15) is 19.8 Å². The van der Waals surface area contributed by atoms with Crippen molar-refractivity contribution in [3.05, 3.63) is 28.2 Å². The van der Waals surface area contributed by atoms with Crippen LogP contribution >= 0.6 is 23.2 Å². The van der Waals surface area contributed by atoms with E-state index in [1.54, 1.807) is 6.92 Å². The first kappa shape index (κ1) is 17.0. The summed E-state index contributed by atoms with van der Waals surface area (Å²) in [5, 5.41) is 11.8. The van der Waals surface area contributed by atoms with E-state index in [0.717, 1.165) is 0 Å². The minimum atomic E-state index is -3.78. The summed E-state index contributed by atoms with van der Waals surface area (Å²) < 4.78 is 26.9. The molecule has 1 rings (SSSR count). The summed E-state index contributed by atoms with van der Waals surface area (Å²) in [6.45, 7) is 1.78. The topological polar surface area (TPSA) is 105 Å². The lowest BCUT2D eigenvalue weighted by molar-refractivity contribution is 0.316. The fourth-order valence-electron chi connectivity index (χ4n) is 1.53. The summed E-state index contributed by atoms with van der Waals surface area (Å²) in [7, 11) is -3.78. The summed E-state index contributed by atoms with van der Waals surface area (Å²) in [5.74, 6) is -0.0522. The first-order chi connectivity index (χ1) is 9.28. The smallest absolute Gasteiger partial charge is 0.240 e. The number of benzene rings is 1. The van der Waals surface area contributed by atoms with E-state index in [4.69, 9.17) is 34.1 Å². The molecule has 0 spiro atoms. The number of amidine groups is 1. The van der Waals surface area contributed by atoms with E-state index in [9.17, 15) is 8.42 Å². The third-order valence-electron chi connectivity index (χ3n) is 2.54. The molecule has 0 saturated heterocycles. The van der Waals surface area contributed by atoms with Gasteiger partial charge in [-0.25, -0.2) is 13.1 Å². The van der Waals surface area contributed by atoms with Crippen molar-refractivity contribution in [2.45, 2.75) is 30.7 Å². The maximum Gasteiger partial charge on any atom is 0.240 e. The predicted molar refractivity (Wildman–Crippen MR) is 78.9 cm³/mol. The number of oxime groups is 1. The molecule has 9 heteroatoms. The molecule has 112 valence electrons. The van der Waals surface area contributed by atoms with Gasteiger partial charge in [0.15, 0.2) is 0 Å². The number of nitrogens with two attached hydrogens (primary N) is 1. The molecule has 0 aliphatic carbocycles. The van der Waals surface area contributed by atoms with Crippen LogP contribution in [0.4, 0.5) is 0 Å². The van der Waals surface area contributed by atoms with Crippen LogP contribution in [0.3, 0.4) is 0 Å². The molecule has 0 radical (unpaired) electrons. The molecular weight excluding hydrogens is 325 g/mol. The summed E-state index contributed by atoms with van der Waals surface area (Å²) in [6, 6.07) is 3.54. The summed E-state index contributed by atoms with van der Waals surface area (Å²) in [4.78, 5) is -0.0343. The number of hydrogen-bond acceptors (Lipinski definition) is 4. The number of halogens is 2. The second-order valence-electron chi connectivity index (χ2n) is 4.13. The Bertz CT molecular complexity index is 585. The minimum absolute atomic E-state index is 0.0343. The van der Waals surface area contributed by atoms with Gasteiger partial charge >= 0.3 is 0 Å². The molecule has 1 atom stereocenters. The Balaban J connectivity index is 2.98. The molecule has 1 aromatic rings. The van der Waals surface area contributed by atoms with Crippen LogP contribution < -0.4 is 10.5 Å². The highest BCUT2D eigenvalue weighted by Gasteiger charge is 2.21. The standard InChI is InChI=1S/C11H15Cl2N3O3S/c1-2-9(6-11(14)15-17)16-20(18,19)10-4-7(12)3-8(13)5-10/h3-5,9,16-17H,2,6H2,1H3,(H2,14,15). The quantitative estimate of drug-likeness (QED) is 0.319. The number of nitrogens with one attached hydrogen (secondary N) is 1. The molecule has 1 unspecified atom stereocenters. The van der Waals surface area contributed by atoms with Crippen molar-refractivity contribution in [2.75, 3.05) is 0 Å². The average molecular weight is 340 g/mol. The Hall–Kier alpha value is -1.02. The SMILES string of the molecule is CCC(CC(N)=NO)NS(=O)(=O)c1cc(Cl)cc(Cl)c1. The van der Waals surface area contributed by atoms with Gasteiger partial charge in [-0.2, -0.15) is 0 Å². The van der Waals surface area contributed by atoms with Gasteiger partial charge in [-0.1, -0.05) is 35.3 Å². The van der Waals surface area contributed by atoms with Crippen LogP contribution in [0.2, 0.25) is 10.0 Å². The number of sulfonamides is 1. The summed E-state index contributed by atoms with van der Waals surface area (Å²) >= 11 is 11.6. The average Bonchev–Trinajstić information content (AvgIpc) is 2.36. The monoisotopic (exact) mass is 339 g/mol. The highest BCUT2D eigenvalue weighted by Crippen LogP contribution is 2.22. The first-order valence-corrected chi connectivity index (χ1v) is 7.97. The zero-order valence-corrected chi connectivity index (χ0v) is 13.0. The van der Waals surface area contributed by atoms with Gasteiger partial charge in [0.25, 0.3) is 0 Å². The van der Waals surface area contributed by atoms with Gasteiger partial charge < -0.3 is 10.9 Å². The lowest BCUT2D eigenvalue weighted by atomic mass is 10.1. The molecule has 1 aromatic carbocycles. The summed E-state index contributed by atoms with van der Waals surface area (Å²) in [6.07, 6.45) is 0.574. The van der Waals surface area contributed by atoms with Crippen molar-refractivity contribution in [1.29, 1.82) is 0 Å². The van der Waals surface area contributed by atoms with Crippen molar-refractivity contribution in [2.24, 2.45) is 10.9 Å². The van der Waals surface area contributed by atoms with E-state index < -0.39 is 16.1 Å². The lowest BCUT2D eigenvalue weighted by Crippen LogP contribution is -2.37. The van der Waals surface area contributed by atoms with Crippen LogP contribution in [0.15, 0.2) is 28.3 Å². The van der Waals surface area contributed by atoms with Gasteiger partial charge in [0, 0.05) is 22.5 Å². The van der Waals surface area contributed by atoms with Gasteiger partial charge in [0.2, 0.25) is 10.0 Å². The van der Waals surface area contributed by atoms with E-state index in [2.05, 4.69) is 9.88 Å². The van der Waals surface area contributed by atoms with Crippen LogP contribution in [-0.2, 0) is 10.0 Å². The molecule has 0 aliphatic rings. The number of nitrogens with zero attached hydrogens (tertiary/aromatic N) is 1. The fraction of sp³-hybridized carbons (Fsp3) is 0.364. The largest absolute Gasteiger partial charge is 0.409 e.